The lowest BCUT2D eigenvalue weighted by molar-refractivity contribution is -0.155. The Morgan fingerprint density at radius 3 is 2.36 bits per heavy atom. The van der Waals surface area contributed by atoms with Gasteiger partial charge < -0.3 is 9.64 Å². The number of methoxy groups -OCH3 is 1. The van der Waals surface area contributed by atoms with Crippen LogP contribution in [0.2, 0.25) is 10.0 Å². The maximum Gasteiger partial charge on any atom is 0.229 e. The van der Waals surface area contributed by atoms with Crippen molar-refractivity contribution in [3.8, 4) is 5.75 Å². The van der Waals surface area contributed by atoms with Gasteiger partial charge in [-0.1, -0.05) is 72.6 Å². The molecule has 234 valence electrons. The maximum atomic E-state index is 14.8. The van der Waals surface area contributed by atoms with Crippen molar-refractivity contribution in [2.24, 2.45) is 11.3 Å². The van der Waals surface area contributed by atoms with E-state index in [2.05, 4.69) is 12.6 Å². The number of halogens is 2. The first-order chi connectivity index (χ1) is 20.9. The Morgan fingerprint density at radius 2 is 1.75 bits per heavy atom. The van der Waals surface area contributed by atoms with E-state index in [1.165, 1.54) is 10.6 Å². The lowest BCUT2D eigenvalue weighted by Crippen LogP contribution is -2.58. The molecule has 5 rings (SSSR count). The Morgan fingerprint density at radius 1 is 1.05 bits per heavy atom. The summed E-state index contributed by atoms with van der Waals surface area (Å²) in [7, 11) is -2.04. The SMILES string of the molecule is C=CC[C@@]1(C)C[C@H](c2cccc(Cl)c2)C(c2ccc(Cl)cc2)N([C@H](CN(Cc2cccc(OC)c2)S(C)(=O)=O)C2CC2)C1=O. The first-order valence-corrected chi connectivity index (χ1v) is 17.6. The molecule has 1 amide bonds. The van der Waals surface area contributed by atoms with E-state index >= 15 is 0 Å². The number of ether oxygens (including phenoxy) is 1. The topological polar surface area (TPSA) is 66.9 Å². The predicted molar refractivity (Wildman–Crippen MR) is 178 cm³/mol. The highest BCUT2D eigenvalue weighted by atomic mass is 35.5. The van der Waals surface area contributed by atoms with Crippen LogP contribution in [0.15, 0.2) is 85.5 Å². The second-order valence-corrected chi connectivity index (χ2v) is 15.3. The first kappa shape index (κ1) is 32.6. The van der Waals surface area contributed by atoms with Gasteiger partial charge in [0, 0.05) is 35.1 Å². The van der Waals surface area contributed by atoms with E-state index < -0.39 is 15.4 Å². The molecule has 9 heteroatoms. The molecule has 0 aromatic heterocycles. The Bertz CT molecular complexity index is 1610. The number of likely N-dealkylation sites (tertiary alicyclic amines) is 1. The highest BCUT2D eigenvalue weighted by Crippen LogP contribution is 2.54. The van der Waals surface area contributed by atoms with Gasteiger partial charge in [-0.25, -0.2) is 8.42 Å². The molecule has 0 N–H and O–H groups in total. The van der Waals surface area contributed by atoms with E-state index in [1.807, 2.05) is 84.6 Å². The van der Waals surface area contributed by atoms with Gasteiger partial charge in [0.2, 0.25) is 15.9 Å². The molecule has 2 fully saturated rings. The third kappa shape index (κ3) is 7.17. The van der Waals surface area contributed by atoms with Crippen molar-refractivity contribution in [1.82, 2.24) is 9.21 Å². The number of piperidine rings is 1. The number of carbonyl (C=O) groups is 1. The second-order valence-electron chi connectivity index (χ2n) is 12.4. The van der Waals surface area contributed by atoms with Gasteiger partial charge in [-0.2, -0.15) is 4.31 Å². The van der Waals surface area contributed by atoms with E-state index in [4.69, 9.17) is 27.9 Å². The van der Waals surface area contributed by atoms with E-state index in [0.717, 1.165) is 29.5 Å². The molecule has 0 spiro atoms. The number of benzene rings is 3. The fourth-order valence-electron chi connectivity index (χ4n) is 6.70. The number of rotatable bonds is 12. The molecule has 1 saturated carbocycles. The molecule has 3 aromatic carbocycles. The van der Waals surface area contributed by atoms with Crippen molar-refractivity contribution in [3.05, 3.63) is 112 Å². The summed E-state index contributed by atoms with van der Waals surface area (Å²) in [6.07, 6.45) is 6.01. The quantitative estimate of drug-likeness (QED) is 0.186. The van der Waals surface area contributed by atoms with Crippen molar-refractivity contribution < 1.29 is 17.9 Å². The van der Waals surface area contributed by atoms with Crippen LogP contribution >= 0.6 is 23.2 Å². The number of carbonyl (C=O) groups excluding carboxylic acids is 1. The van der Waals surface area contributed by atoms with Crippen LogP contribution in [-0.4, -0.2) is 49.5 Å². The lowest BCUT2D eigenvalue weighted by Gasteiger charge is -2.52. The fourth-order valence-corrected chi connectivity index (χ4v) is 7.83. The van der Waals surface area contributed by atoms with Crippen molar-refractivity contribution in [3.63, 3.8) is 0 Å². The number of nitrogens with zero attached hydrogens (tertiary/aromatic N) is 2. The number of allylic oxidation sites excluding steroid dienone is 1. The van der Waals surface area contributed by atoms with Crippen molar-refractivity contribution in [1.29, 1.82) is 0 Å². The van der Waals surface area contributed by atoms with Crippen LogP contribution in [0, 0.1) is 11.3 Å². The van der Waals surface area contributed by atoms with Crippen LogP contribution in [-0.2, 0) is 21.4 Å². The first-order valence-electron chi connectivity index (χ1n) is 15.0. The van der Waals surface area contributed by atoms with Gasteiger partial charge >= 0.3 is 0 Å². The van der Waals surface area contributed by atoms with Gasteiger partial charge in [0.05, 0.1) is 24.8 Å². The summed E-state index contributed by atoms with van der Waals surface area (Å²) < 4.78 is 33.5. The zero-order valence-electron chi connectivity index (χ0n) is 25.5. The van der Waals surface area contributed by atoms with Crippen LogP contribution < -0.4 is 4.74 Å². The molecular formula is C35H40Cl2N2O4S. The molecular weight excluding hydrogens is 615 g/mol. The fraction of sp³-hybridized carbons (Fsp3) is 0.400. The molecule has 1 unspecified atom stereocenters. The summed E-state index contributed by atoms with van der Waals surface area (Å²) in [5.74, 6) is 0.758. The van der Waals surface area contributed by atoms with E-state index in [1.54, 1.807) is 7.11 Å². The molecule has 1 saturated heterocycles. The summed E-state index contributed by atoms with van der Waals surface area (Å²) in [5, 5.41) is 1.24. The Kier molecular flexibility index (Phi) is 9.81. The Hall–Kier alpha value is -2.84. The van der Waals surface area contributed by atoms with Crippen LogP contribution in [0.1, 0.15) is 61.3 Å². The van der Waals surface area contributed by atoms with E-state index in [9.17, 15) is 13.2 Å². The largest absolute Gasteiger partial charge is 0.497 e. The molecule has 0 bridgehead atoms. The summed E-state index contributed by atoms with van der Waals surface area (Å²) in [6, 6.07) is 22.3. The normalized spacial score (nSPS) is 23.0. The molecule has 1 aliphatic carbocycles. The minimum atomic E-state index is -3.63. The minimum absolute atomic E-state index is 0.0161. The average Bonchev–Trinajstić information content (AvgIpc) is 3.83. The molecule has 2 aliphatic rings. The monoisotopic (exact) mass is 654 g/mol. The van der Waals surface area contributed by atoms with Crippen molar-refractivity contribution in [2.45, 2.75) is 57.2 Å². The van der Waals surface area contributed by atoms with Gasteiger partial charge in [0.15, 0.2) is 0 Å². The van der Waals surface area contributed by atoms with Crippen LogP contribution in [0.5, 0.6) is 5.75 Å². The number of amides is 1. The molecule has 4 atom stereocenters. The zero-order chi connectivity index (χ0) is 31.6. The number of hydrogen-bond donors (Lipinski definition) is 0. The summed E-state index contributed by atoms with van der Waals surface area (Å²) >= 11 is 12.8. The molecule has 44 heavy (non-hydrogen) atoms. The van der Waals surface area contributed by atoms with Crippen molar-refractivity contribution in [2.75, 3.05) is 19.9 Å². The average molecular weight is 656 g/mol. The maximum absolute atomic E-state index is 14.8. The van der Waals surface area contributed by atoms with Gasteiger partial charge in [-0.15, -0.1) is 6.58 Å². The second kappa shape index (κ2) is 13.3. The highest BCUT2D eigenvalue weighted by Gasteiger charge is 2.53. The van der Waals surface area contributed by atoms with Crippen LogP contribution in [0.25, 0.3) is 0 Å². The summed E-state index contributed by atoms with van der Waals surface area (Å²) in [5.41, 5.74) is 2.08. The third-order valence-corrected chi connectivity index (χ3v) is 10.8. The minimum Gasteiger partial charge on any atom is -0.497 e. The molecule has 1 heterocycles. The molecule has 3 aromatic rings. The number of sulfonamides is 1. The van der Waals surface area contributed by atoms with Crippen LogP contribution in [0.3, 0.4) is 0 Å². The van der Waals surface area contributed by atoms with Gasteiger partial charge in [0.1, 0.15) is 5.75 Å². The molecule has 0 radical (unpaired) electrons. The zero-order valence-corrected chi connectivity index (χ0v) is 27.8. The summed E-state index contributed by atoms with van der Waals surface area (Å²) in [4.78, 5) is 16.8. The lowest BCUT2D eigenvalue weighted by atomic mass is 9.67. The van der Waals surface area contributed by atoms with Crippen molar-refractivity contribution >= 4 is 39.1 Å². The van der Waals surface area contributed by atoms with Crippen LogP contribution in [0.4, 0.5) is 0 Å². The predicted octanol–water partition coefficient (Wildman–Crippen LogP) is 7.88. The Balaban J connectivity index is 1.64. The van der Waals surface area contributed by atoms with Gasteiger partial charge in [-0.05, 0) is 84.7 Å². The number of hydrogen-bond acceptors (Lipinski definition) is 4. The van der Waals surface area contributed by atoms with E-state index in [0.29, 0.717) is 28.6 Å². The highest BCUT2D eigenvalue weighted by molar-refractivity contribution is 7.88. The third-order valence-electron chi connectivity index (χ3n) is 9.06. The smallest absolute Gasteiger partial charge is 0.229 e. The van der Waals surface area contributed by atoms with E-state index in [-0.39, 0.29) is 42.9 Å². The molecule has 6 nitrogen and oxygen atoms in total. The molecule has 1 aliphatic heterocycles. The summed E-state index contributed by atoms with van der Waals surface area (Å²) in [6.45, 7) is 6.35. The van der Waals surface area contributed by atoms with Gasteiger partial charge in [-0.3, -0.25) is 4.79 Å². The van der Waals surface area contributed by atoms with Gasteiger partial charge in [0.25, 0.3) is 0 Å². The Labute approximate surface area is 271 Å². The standard InChI is InChI=1S/C35H40Cl2N2O4S/c1-5-18-35(2)21-31(27-9-7-10-29(37)20-27)33(26-14-16-28(36)17-15-26)39(34(35)40)32(25-12-13-25)23-38(44(4,41)42)22-24-8-6-11-30(19-24)43-3/h5-11,14-17,19-20,25,31-33H,1,12-13,18,21-23H2,2-4H3/t31-,32-,33?,35+/m1/s1.